The van der Waals surface area contributed by atoms with Gasteiger partial charge >= 0.3 is 0 Å². The number of hydrogen-bond donors (Lipinski definition) is 1. The largest absolute Gasteiger partial charge is 0.363 e. The predicted octanol–water partition coefficient (Wildman–Crippen LogP) is 2.43. The van der Waals surface area contributed by atoms with Crippen LogP contribution in [0.1, 0.15) is 31.7 Å². The first kappa shape index (κ1) is 13.0. The van der Waals surface area contributed by atoms with Crippen molar-refractivity contribution >= 4 is 5.82 Å². The Morgan fingerprint density at radius 1 is 1.25 bits per heavy atom. The highest BCUT2D eigenvalue weighted by Crippen LogP contribution is 2.07. The predicted molar refractivity (Wildman–Crippen MR) is 69.8 cm³/mol. The smallest absolute Gasteiger partial charge is 0.127 e. The third-order valence-electron chi connectivity index (χ3n) is 2.55. The molecule has 0 aliphatic heterocycles. The van der Waals surface area contributed by atoms with Crippen LogP contribution in [0.15, 0.2) is 18.3 Å². The zero-order valence-corrected chi connectivity index (χ0v) is 10.7. The summed E-state index contributed by atoms with van der Waals surface area (Å²) in [6.45, 7) is 4.25. The van der Waals surface area contributed by atoms with Crippen LogP contribution in [0.3, 0.4) is 0 Å². The topological polar surface area (TPSA) is 28.2 Å². The molecule has 0 aliphatic rings. The fourth-order valence-electron chi connectivity index (χ4n) is 1.52. The molecule has 1 rings (SSSR count). The first-order valence-electron chi connectivity index (χ1n) is 6.07. The van der Waals surface area contributed by atoms with Gasteiger partial charge < -0.3 is 10.2 Å². The third-order valence-corrected chi connectivity index (χ3v) is 2.55. The molecule has 0 radical (unpaired) electrons. The summed E-state index contributed by atoms with van der Waals surface area (Å²) < 4.78 is 0. The fraction of sp³-hybridized carbons (Fsp3) is 0.615. The van der Waals surface area contributed by atoms with E-state index >= 15 is 0 Å². The molecule has 1 aromatic heterocycles. The molecule has 0 spiro atoms. The second kappa shape index (κ2) is 7.23. The Morgan fingerprint density at radius 3 is 2.62 bits per heavy atom. The van der Waals surface area contributed by atoms with Crippen LogP contribution in [0.4, 0.5) is 5.82 Å². The second-order valence-electron chi connectivity index (χ2n) is 4.30. The van der Waals surface area contributed by atoms with E-state index < -0.39 is 0 Å². The molecule has 0 saturated carbocycles. The van der Waals surface area contributed by atoms with E-state index in [2.05, 4.69) is 29.4 Å². The number of unbranched alkanes of at least 4 members (excludes halogenated alkanes) is 2. The number of pyridine rings is 1. The zero-order chi connectivity index (χ0) is 11.8. The summed E-state index contributed by atoms with van der Waals surface area (Å²) in [5.41, 5.74) is 1.25. The Balaban J connectivity index is 2.27. The molecule has 1 aromatic rings. The van der Waals surface area contributed by atoms with Gasteiger partial charge in [0.25, 0.3) is 0 Å². The van der Waals surface area contributed by atoms with Gasteiger partial charge in [-0.3, -0.25) is 0 Å². The monoisotopic (exact) mass is 221 g/mol. The number of rotatable bonds is 7. The van der Waals surface area contributed by atoms with Crippen molar-refractivity contribution in [1.29, 1.82) is 0 Å². The van der Waals surface area contributed by atoms with E-state index in [0.717, 1.165) is 18.9 Å². The molecule has 0 aliphatic carbocycles. The van der Waals surface area contributed by atoms with Gasteiger partial charge in [0.05, 0.1) is 0 Å². The maximum absolute atomic E-state index is 4.38. The van der Waals surface area contributed by atoms with E-state index in [1.54, 1.807) is 0 Å². The van der Waals surface area contributed by atoms with Crippen LogP contribution in [0.5, 0.6) is 0 Å². The number of nitrogens with one attached hydrogen (secondary N) is 1. The first-order chi connectivity index (χ1) is 7.74. The molecule has 0 amide bonds. The third kappa shape index (κ3) is 4.62. The molecular formula is C13H23N3. The van der Waals surface area contributed by atoms with E-state index in [-0.39, 0.29) is 0 Å². The van der Waals surface area contributed by atoms with E-state index in [4.69, 9.17) is 0 Å². The van der Waals surface area contributed by atoms with Crippen molar-refractivity contribution in [1.82, 2.24) is 10.3 Å². The standard InChI is InChI=1S/C13H23N3/c1-4-5-6-9-14-10-12-7-8-13(15-11-12)16(2)3/h7-8,11,14H,4-6,9-10H2,1-3H3. The molecule has 0 saturated heterocycles. The highest BCUT2D eigenvalue weighted by molar-refractivity contribution is 5.37. The lowest BCUT2D eigenvalue weighted by Gasteiger charge is -2.11. The van der Waals surface area contributed by atoms with Gasteiger partial charge in [0.2, 0.25) is 0 Å². The molecule has 0 fully saturated rings. The van der Waals surface area contributed by atoms with Crippen molar-refractivity contribution in [3.63, 3.8) is 0 Å². The Morgan fingerprint density at radius 2 is 2.06 bits per heavy atom. The molecule has 1 N–H and O–H groups in total. The lowest BCUT2D eigenvalue weighted by molar-refractivity contribution is 0.616. The van der Waals surface area contributed by atoms with Gasteiger partial charge in [0.15, 0.2) is 0 Å². The normalized spacial score (nSPS) is 10.4. The van der Waals surface area contributed by atoms with Crippen molar-refractivity contribution in [3.05, 3.63) is 23.9 Å². The molecule has 1 heterocycles. The van der Waals surface area contributed by atoms with Crippen LogP contribution in [0.2, 0.25) is 0 Å². The van der Waals surface area contributed by atoms with Crippen molar-refractivity contribution in [3.8, 4) is 0 Å². The van der Waals surface area contributed by atoms with Gasteiger partial charge in [0, 0.05) is 26.8 Å². The minimum atomic E-state index is 0.921. The molecule has 0 unspecified atom stereocenters. The summed E-state index contributed by atoms with van der Waals surface area (Å²) in [6.07, 6.45) is 5.80. The van der Waals surface area contributed by atoms with Crippen molar-refractivity contribution in [2.24, 2.45) is 0 Å². The molecular weight excluding hydrogens is 198 g/mol. The maximum atomic E-state index is 4.38. The van der Waals surface area contributed by atoms with Crippen molar-refractivity contribution in [2.45, 2.75) is 32.7 Å². The molecule has 0 aromatic carbocycles. The molecule has 16 heavy (non-hydrogen) atoms. The average Bonchev–Trinajstić information content (AvgIpc) is 2.29. The number of nitrogens with zero attached hydrogens (tertiary/aromatic N) is 2. The van der Waals surface area contributed by atoms with Gasteiger partial charge in [-0.1, -0.05) is 25.8 Å². The van der Waals surface area contributed by atoms with Crippen LogP contribution in [0.25, 0.3) is 0 Å². The summed E-state index contributed by atoms with van der Waals surface area (Å²) in [5, 5.41) is 3.43. The minimum absolute atomic E-state index is 0.921. The summed E-state index contributed by atoms with van der Waals surface area (Å²) in [4.78, 5) is 6.39. The van der Waals surface area contributed by atoms with Gasteiger partial charge in [-0.15, -0.1) is 0 Å². The lowest BCUT2D eigenvalue weighted by Crippen LogP contribution is -2.15. The SMILES string of the molecule is CCCCCNCc1ccc(N(C)C)nc1. The van der Waals surface area contributed by atoms with Crippen LogP contribution in [0, 0.1) is 0 Å². The van der Waals surface area contributed by atoms with Gasteiger partial charge in [-0.05, 0) is 24.6 Å². The van der Waals surface area contributed by atoms with Crippen LogP contribution in [-0.4, -0.2) is 25.6 Å². The molecule has 90 valence electrons. The highest BCUT2D eigenvalue weighted by Gasteiger charge is 1.97. The number of aromatic nitrogens is 1. The van der Waals surface area contributed by atoms with Gasteiger partial charge in [-0.2, -0.15) is 0 Å². The van der Waals surface area contributed by atoms with Crippen LogP contribution >= 0.6 is 0 Å². The molecule has 3 heteroatoms. The fourth-order valence-corrected chi connectivity index (χ4v) is 1.52. The molecule has 3 nitrogen and oxygen atoms in total. The Labute approximate surface area is 98.9 Å². The summed E-state index contributed by atoms with van der Waals surface area (Å²) in [5.74, 6) is 1.01. The maximum Gasteiger partial charge on any atom is 0.127 e. The van der Waals surface area contributed by atoms with Gasteiger partial charge in [-0.25, -0.2) is 4.98 Å². The van der Waals surface area contributed by atoms with E-state index in [1.807, 2.05) is 25.2 Å². The quantitative estimate of drug-likeness (QED) is 0.717. The first-order valence-corrected chi connectivity index (χ1v) is 6.07. The summed E-state index contributed by atoms with van der Waals surface area (Å²) in [7, 11) is 4.01. The average molecular weight is 221 g/mol. The summed E-state index contributed by atoms with van der Waals surface area (Å²) in [6, 6.07) is 4.19. The van der Waals surface area contributed by atoms with E-state index in [0.29, 0.717) is 0 Å². The summed E-state index contributed by atoms with van der Waals surface area (Å²) >= 11 is 0. The van der Waals surface area contributed by atoms with E-state index in [9.17, 15) is 0 Å². The Bertz CT molecular complexity index is 280. The van der Waals surface area contributed by atoms with Crippen LogP contribution in [-0.2, 0) is 6.54 Å². The molecule has 0 bridgehead atoms. The van der Waals surface area contributed by atoms with Crippen molar-refractivity contribution < 1.29 is 0 Å². The second-order valence-corrected chi connectivity index (χ2v) is 4.30. The Hall–Kier alpha value is -1.09. The van der Waals surface area contributed by atoms with E-state index in [1.165, 1.54) is 24.8 Å². The molecule has 0 atom stereocenters. The minimum Gasteiger partial charge on any atom is -0.363 e. The lowest BCUT2D eigenvalue weighted by atomic mass is 10.2. The van der Waals surface area contributed by atoms with Crippen LogP contribution < -0.4 is 10.2 Å². The number of anilines is 1. The highest BCUT2D eigenvalue weighted by atomic mass is 15.1. The van der Waals surface area contributed by atoms with Gasteiger partial charge in [0.1, 0.15) is 5.82 Å². The number of hydrogen-bond acceptors (Lipinski definition) is 3. The zero-order valence-electron chi connectivity index (χ0n) is 10.7. The Kier molecular flexibility index (Phi) is 5.86. The van der Waals surface area contributed by atoms with Crippen molar-refractivity contribution in [2.75, 3.05) is 25.5 Å².